The summed E-state index contributed by atoms with van der Waals surface area (Å²) in [4.78, 5) is 0. The van der Waals surface area contributed by atoms with E-state index in [0.717, 1.165) is 5.92 Å². The number of rotatable bonds is 2. The molecule has 0 aromatic rings. The van der Waals surface area contributed by atoms with Crippen LogP contribution in [-0.4, -0.2) is 13.2 Å². The molecule has 0 N–H and O–H groups in total. The minimum atomic E-state index is 0.309. The Kier molecular flexibility index (Phi) is 3.16. The zero-order valence-corrected chi connectivity index (χ0v) is 8.89. The van der Waals surface area contributed by atoms with Crippen molar-refractivity contribution < 1.29 is 4.74 Å². The first kappa shape index (κ1) is 10.0. The normalized spacial score (nSPS) is 23.0. The van der Waals surface area contributed by atoms with Gasteiger partial charge in [-0.1, -0.05) is 33.6 Å². The van der Waals surface area contributed by atoms with Gasteiger partial charge in [-0.15, -0.1) is 0 Å². The molecule has 0 amide bonds. The average molecular weight is 170 g/mol. The van der Waals surface area contributed by atoms with Crippen LogP contribution < -0.4 is 0 Å². The van der Waals surface area contributed by atoms with E-state index in [0.29, 0.717) is 11.5 Å². The highest BCUT2D eigenvalue weighted by Crippen LogP contribution is 2.37. The summed E-state index contributed by atoms with van der Waals surface area (Å²) < 4.78 is 5.60. The van der Waals surface area contributed by atoms with Crippen molar-refractivity contribution in [2.45, 2.75) is 52.6 Å². The maximum atomic E-state index is 5.60. The zero-order valence-electron chi connectivity index (χ0n) is 8.89. The molecule has 1 heteroatoms. The molecule has 0 aliphatic heterocycles. The molecule has 1 rings (SSSR count). The lowest BCUT2D eigenvalue weighted by Gasteiger charge is -2.34. The highest BCUT2D eigenvalue weighted by Gasteiger charge is 2.33. The SMILES string of the molecule is COC(C1CCCC1)C(C)(C)C. The van der Waals surface area contributed by atoms with Crippen molar-refractivity contribution in [2.75, 3.05) is 7.11 Å². The summed E-state index contributed by atoms with van der Waals surface area (Å²) in [5.74, 6) is 0.815. The van der Waals surface area contributed by atoms with Crippen LogP contribution in [0.5, 0.6) is 0 Å². The van der Waals surface area contributed by atoms with Gasteiger partial charge < -0.3 is 4.74 Å². The first-order chi connectivity index (χ1) is 5.55. The quantitative estimate of drug-likeness (QED) is 0.618. The molecule has 1 nitrogen and oxygen atoms in total. The Hall–Kier alpha value is -0.0400. The monoisotopic (exact) mass is 170 g/mol. The highest BCUT2D eigenvalue weighted by atomic mass is 16.5. The first-order valence-electron chi connectivity index (χ1n) is 5.08. The molecule has 72 valence electrons. The van der Waals surface area contributed by atoms with Gasteiger partial charge in [-0.2, -0.15) is 0 Å². The van der Waals surface area contributed by atoms with Gasteiger partial charge in [-0.05, 0) is 24.2 Å². The first-order valence-corrected chi connectivity index (χ1v) is 5.08. The Bertz CT molecular complexity index is 128. The fourth-order valence-corrected chi connectivity index (χ4v) is 2.51. The average Bonchev–Trinajstić information content (AvgIpc) is 2.38. The van der Waals surface area contributed by atoms with Crippen LogP contribution in [0.15, 0.2) is 0 Å². The largest absolute Gasteiger partial charge is 0.381 e. The molecule has 0 spiro atoms. The molecular weight excluding hydrogens is 148 g/mol. The van der Waals surface area contributed by atoms with Crippen LogP contribution >= 0.6 is 0 Å². The summed E-state index contributed by atoms with van der Waals surface area (Å²) in [7, 11) is 1.86. The van der Waals surface area contributed by atoms with Gasteiger partial charge >= 0.3 is 0 Å². The number of methoxy groups -OCH3 is 1. The Morgan fingerprint density at radius 1 is 1.17 bits per heavy atom. The van der Waals surface area contributed by atoms with Gasteiger partial charge in [-0.3, -0.25) is 0 Å². The van der Waals surface area contributed by atoms with Crippen LogP contribution in [0.1, 0.15) is 46.5 Å². The van der Waals surface area contributed by atoms with E-state index in [2.05, 4.69) is 20.8 Å². The maximum absolute atomic E-state index is 5.60. The fourth-order valence-electron chi connectivity index (χ4n) is 2.51. The Labute approximate surface area is 76.5 Å². The Morgan fingerprint density at radius 2 is 1.67 bits per heavy atom. The van der Waals surface area contributed by atoms with E-state index in [4.69, 9.17) is 4.74 Å². The molecule has 1 aliphatic rings. The predicted molar refractivity (Wildman–Crippen MR) is 52.2 cm³/mol. The van der Waals surface area contributed by atoms with Crippen molar-refractivity contribution in [3.63, 3.8) is 0 Å². The second kappa shape index (κ2) is 3.78. The lowest BCUT2D eigenvalue weighted by Crippen LogP contribution is -2.34. The van der Waals surface area contributed by atoms with E-state index in [1.807, 2.05) is 7.11 Å². The third kappa shape index (κ3) is 2.22. The second-order valence-corrected chi connectivity index (χ2v) is 5.07. The molecule has 0 saturated heterocycles. The number of hydrogen-bond donors (Lipinski definition) is 0. The molecule has 1 saturated carbocycles. The third-order valence-corrected chi connectivity index (χ3v) is 2.94. The van der Waals surface area contributed by atoms with Crippen LogP contribution in [0, 0.1) is 11.3 Å². The molecule has 1 aliphatic carbocycles. The smallest absolute Gasteiger partial charge is 0.0647 e. The standard InChI is InChI=1S/C11H22O/c1-11(2,3)10(12-4)9-7-5-6-8-9/h9-10H,5-8H2,1-4H3. The van der Waals surface area contributed by atoms with Gasteiger partial charge in [0.2, 0.25) is 0 Å². The van der Waals surface area contributed by atoms with Crippen LogP contribution in [0.3, 0.4) is 0 Å². The minimum Gasteiger partial charge on any atom is -0.381 e. The van der Waals surface area contributed by atoms with Crippen LogP contribution in [0.4, 0.5) is 0 Å². The van der Waals surface area contributed by atoms with E-state index in [1.165, 1.54) is 25.7 Å². The van der Waals surface area contributed by atoms with Gasteiger partial charge in [0.15, 0.2) is 0 Å². The van der Waals surface area contributed by atoms with E-state index in [9.17, 15) is 0 Å². The van der Waals surface area contributed by atoms with Gasteiger partial charge in [-0.25, -0.2) is 0 Å². The van der Waals surface area contributed by atoms with Crippen LogP contribution in [0.25, 0.3) is 0 Å². The van der Waals surface area contributed by atoms with Crippen molar-refractivity contribution in [3.8, 4) is 0 Å². The van der Waals surface area contributed by atoms with Gasteiger partial charge in [0.25, 0.3) is 0 Å². The molecule has 1 fully saturated rings. The summed E-state index contributed by atoms with van der Waals surface area (Å²) in [5.41, 5.74) is 0.309. The van der Waals surface area contributed by atoms with Gasteiger partial charge in [0.1, 0.15) is 0 Å². The van der Waals surface area contributed by atoms with Crippen LogP contribution in [0.2, 0.25) is 0 Å². The summed E-state index contributed by atoms with van der Waals surface area (Å²) in [5, 5.41) is 0. The molecule has 12 heavy (non-hydrogen) atoms. The topological polar surface area (TPSA) is 9.23 Å². The van der Waals surface area contributed by atoms with Crippen molar-refractivity contribution in [1.82, 2.24) is 0 Å². The van der Waals surface area contributed by atoms with Crippen molar-refractivity contribution in [3.05, 3.63) is 0 Å². The molecule has 1 atom stereocenters. The number of hydrogen-bond acceptors (Lipinski definition) is 1. The Balaban J connectivity index is 2.54. The van der Waals surface area contributed by atoms with Crippen LogP contribution in [-0.2, 0) is 4.74 Å². The number of ether oxygens (including phenoxy) is 1. The molecule has 0 bridgehead atoms. The molecule has 1 unspecified atom stereocenters. The minimum absolute atomic E-state index is 0.309. The van der Waals surface area contributed by atoms with Gasteiger partial charge in [0, 0.05) is 7.11 Å². The fraction of sp³-hybridized carbons (Fsp3) is 1.00. The molecular formula is C11H22O. The maximum Gasteiger partial charge on any atom is 0.0647 e. The van der Waals surface area contributed by atoms with Crippen molar-refractivity contribution in [2.24, 2.45) is 11.3 Å². The summed E-state index contributed by atoms with van der Waals surface area (Å²) in [6.45, 7) is 6.83. The summed E-state index contributed by atoms with van der Waals surface area (Å²) in [6.07, 6.45) is 6.01. The second-order valence-electron chi connectivity index (χ2n) is 5.07. The third-order valence-electron chi connectivity index (χ3n) is 2.94. The summed E-state index contributed by atoms with van der Waals surface area (Å²) >= 11 is 0. The molecule has 0 radical (unpaired) electrons. The van der Waals surface area contributed by atoms with Crippen molar-refractivity contribution >= 4 is 0 Å². The van der Waals surface area contributed by atoms with E-state index in [1.54, 1.807) is 0 Å². The lowest BCUT2D eigenvalue weighted by atomic mass is 9.80. The predicted octanol–water partition coefficient (Wildman–Crippen LogP) is 3.24. The molecule has 0 heterocycles. The van der Waals surface area contributed by atoms with E-state index >= 15 is 0 Å². The van der Waals surface area contributed by atoms with Crippen molar-refractivity contribution in [1.29, 1.82) is 0 Å². The van der Waals surface area contributed by atoms with E-state index < -0.39 is 0 Å². The Morgan fingerprint density at radius 3 is 2.00 bits per heavy atom. The van der Waals surface area contributed by atoms with Gasteiger partial charge in [0.05, 0.1) is 6.10 Å². The molecule has 0 aromatic carbocycles. The summed E-state index contributed by atoms with van der Waals surface area (Å²) in [6, 6.07) is 0. The highest BCUT2D eigenvalue weighted by molar-refractivity contribution is 4.84. The zero-order chi connectivity index (χ0) is 9.19. The lowest BCUT2D eigenvalue weighted by molar-refractivity contribution is -0.0244. The van der Waals surface area contributed by atoms with E-state index in [-0.39, 0.29) is 0 Å². The molecule has 0 aromatic heterocycles.